The maximum absolute atomic E-state index is 13.4. The number of hydrogen-bond donors (Lipinski definition) is 2. The highest BCUT2D eigenvalue weighted by atomic mass is 16.5. The zero-order valence-electron chi connectivity index (χ0n) is 21.2. The number of fused-ring (bicyclic) bond motifs is 2. The molecule has 0 spiro atoms. The molecule has 0 unspecified atom stereocenters. The number of aryl methyl sites for hydroxylation is 1. The van der Waals surface area contributed by atoms with Gasteiger partial charge in [-0.3, -0.25) is 4.79 Å². The molecule has 1 heterocycles. The largest absolute Gasteiger partial charge is 0.493 e. The third-order valence-corrected chi connectivity index (χ3v) is 7.01. The minimum atomic E-state index is -0.580. The second-order valence-electron chi connectivity index (χ2n) is 9.93. The molecule has 1 aliphatic carbocycles. The van der Waals surface area contributed by atoms with Gasteiger partial charge < -0.3 is 25.0 Å². The zero-order valence-corrected chi connectivity index (χ0v) is 21.2. The van der Waals surface area contributed by atoms with Gasteiger partial charge in [0.05, 0.1) is 20.3 Å². The van der Waals surface area contributed by atoms with E-state index in [0.29, 0.717) is 31.0 Å². The molecule has 2 atom stereocenters. The van der Waals surface area contributed by atoms with Crippen LogP contribution in [0.5, 0.6) is 11.5 Å². The Morgan fingerprint density at radius 3 is 2.46 bits per heavy atom. The average molecular weight is 480 g/mol. The Morgan fingerprint density at radius 2 is 1.74 bits per heavy atom. The van der Waals surface area contributed by atoms with Crippen LogP contribution >= 0.6 is 0 Å². The van der Waals surface area contributed by atoms with Gasteiger partial charge in [-0.05, 0) is 72.4 Å². The number of carbonyl (C=O) groups is 2. The van der Waals surface area contributed by atoms with Crippen molar-refractivity contribution >= 4 is 11.9 Å². The Morgan fingerprint density at radius 1 is 1.03 bits per heavy atom. The van der Waals surface area contributed by atoms with Crippen molar-refractivity contribution in [2.24, 2.45) is 5.92 Å². The summed E-state index contributed by atoms with van der Waals surface area (Å²) in [6.45, 7) is 5.19. The molecule has 2 aromatic rings. The first-order chi connectivity index (χ1) is 16.9. The fourth-order valence-corrected chi connectivity index (χ4v) is 5.18. The van der Waals surface area contributed by atoms with Crippen LogP contribution in [0.4, 0.5) is 4.79 Å². The molecular weight excluding hydrogens is 442 g/mol. The summed E-state index contributed by atoms with van der Waals surface area (Å²) in [5.74, 6) is 1.50. The number of rotatable bonds is 7. The minimum absolute atomic E-state index is 0.0108. The van der Waals surface area contributed by atoms with E-state index in [1.54, 1.807) is 19.1 Å². The number of urea groups is 1. The molecule has 2 aliphatic rings. The predicted octanol–water partition coefficient (Wildman–Crippen LogP) is 4.38. The van der Waals surface area contributed by atoms with Crippen LogP contribution in [0, 0.1) is 5.92 Å². The molecule has 0 fully saturated rings. The number of nitrogens with zero attached hydrogens (tertiary/aromatic N) is 1. The van der Waals surface area contributed by atoms with Gasteiger partial charge in [-0.2, -0.15) is 0 Å². The van der Waals surface area contributed by atoms with Gasteiger partial charge >= 0.3 is 6.03 Å². The molecule has 0 saturated carbocycles. The van der Waals surface area contributed by atoms with Gasteiger partial charge in [0.25, 0.3) is 0 Å². The third-order valence-electron chi connectivity index (χ3n) is 7.01. The summed E-state index contributed by atoms with van der Waals surface area (Å²) in [6.07, 6.45) is 4.32. The van der Waals surface area contributed by atoms with Gasteiger partial charge in [-0.25, -0.2) is 4.79 Å². The lowest BCUT2D eigenvalue weighted by atomic mass is 9.87. The van der Waals surface area contributed by atoms with Crippen molar-refractivity contribution in [3.05, 3.63) is 58.7 Å². The van der Waals surface area contributed by atoms with E-state index in [2.05, 4.69) is 36.6 Å². The molecule has 35 heavy (non-hydrogen) atoms. The smallest absolute Gasteiger partial charge is 0.318 e. The van der Waals surface area contributed by atoms with Crippen LogP contribution in [0.2, 0.25) is 0 Å². The first kappa shape index (κ1) is 24.9. The van der Waals surface area contributed by atoms with Gasteiger partial charge in [0, 0.05) is 13.1 Å². The Labute approximate surface area is 208 Å². The molecule has 7 nitrogen and oxygen atoms in total. The molecule has 188 valence electrons. The number of ether oxygens (including phenoxy) is 2. The van der Waals surface area contributed by atoms with Crippen molar-refractivity contribution < 1.29 is 19.1 Å². The molecule has 2 N–H and O–H groups in total. The highest BCUT2D eigenvalue weighted by Gasteiger charge is 2.30. The van der Waals surface area contributed by atoms with E-state index in [1.807, 2.05) is 24.3 Å². The SMILES string of the molecule is COc1cc2c(cc1OC)CN(C(=O)N[C@@H](CC(C)C)C(=O)N[C@@H]1CCCc3ccccc31)CC2. The van der Waals surface area contributed by atoms with Crippen molar-refractivity contribution in [1.29, 1.82) is 0 Å². The molecule has 7 heteroatoms. The number of methoxy groups -OCH3 is 2. The monoisotopic (exact) mass is 479 g/mol. The molecule has 2 aromatic carbocycles. The zero-order chi connectivity index (χ0) is 24.9. The van der Waals surface area contributed by atoms with Crippen LogP contribution in [0.1, 0.15) is 61.4 Å². The number of carbonyl (C=O) groups excluding carboxylic acids is 2. The van der Waals surface area contributed by atoms with Crippen LogP contribution < -0.4 is 20.1 Å². The highest BCUT2D eigenvalue weighted by molar-refractivity contribution is 5.87. The van der Waals surface area contributed by atoms with Gasteiger partial charge in [-0.1, -0.05) is 38.1 Å². The van der Waals surface area contributed by atoms with E-state index >= 15 is 0 Å². The molecule has 0 saturated heterocycles. The topological polar surface area (TPSA) is 79.9 Å². The van der Waals surface area contributed by atoms with E-state index in [4.69, 9.17) is 9.47 Å². The first-order valence-electron chi connectivity index (χ1n) is 12.6. The second kappa shape index (κ2) is 11.0. The van der Waals surface area contributed by atoms with Gasteiger partial charge in [0.2, 0.25) is 5.91 Å². The van der Waals surface area contributed by atoms with Gasteiger partial charge in [0.1, 0.15) is 6.04 Å². The summed E-state index contributed by atoms with van der Waals surface area (Å²) in [4.78, 5) is 28.4. The van der Waals surface area contributed by atoms with Crippen LogP contribution in [0.15, 0.2) is 36.4 Å². The van der Waals surface area contributed by atoms with Crippen LogP contribution in [0.3, 0.4) is 0 Å². The van der Waals surface area contributed by atoms with E-state index in [1.165, 1.54) is 11.1 Å². The van der Waals surface area contributed by atoms with Crippen LogP contribution in [0.25, 0.3) is 0 Å². The fraction of sp³-hybridized carbons (Fsp3) is 0.500. The molecule has 0 aromatic heterocycles. The van der Waals surface area contributed by atoms with Crippen molar-refractivity contribution in [2.45, 2.75) is 64.6 Å². The predicted molar refractivity (Wildman–Crippen MR) is 136 cm³/mol. The maximum atomic E-state index is 13.4. The van der Waals surface area contributed by atoms with Gasteiger partial charge in [0.15, 0.2) is 11.5 Å². The number of amides is 3. The molecule has 0 radical (unpaired) electrons. The molecule has 0 bridgehead atoms. The lowest BCUT2D eigenvalue weighted by Crippen LogP contribution is -2.53. The summed E-state index contributed by atoms with van der Waals surface area (Å²) < 4.78 is 10.9. The Balaban J connectivity index is 1.44. The van der Waals surface area contributed by atoms with Crippen LogP contribution in [-0.2, 0) is 24.2 Å². The minimum Gasteiger partial charge on any atom is -0.493 e. The molecular formula is C28H37N3O4. The molecule has 1 aliphatic heterocycles. The van der Waals surface area contributed by atoms with Crippen molar-refractivity contribution in [1.82, 2.24) is 15.5 Å². The second-order valence-corrected chi connectivity index (χ2v) is 9.93. The third kappa shape index (κ3) is 5.72. The summed E-state index contributed by atoms with van der Waals surface area (Å²) in [7, 11) is 3.23. The fourth-order valence-electron chi connectivity index (χ4n) is 5.18. The molecule has 3 amide bonds. The lowest BCUT2D eigenvalue weighted by Gasteiger charge is -2.32. The highest BCUT2D eigenvalue weighted by Crippen LogP contribution is 2.33. The van der Waals surface area contributed by atoms with E-state index < -0.39 is 6.04 Å². The number of benzene rings is 2. The van der Waals surface area contributed by atoms with Crippen molar-refractivity contribution in [3.63, 3.8) is 0 Å². The normalized spacial score (nSPS) is 17.7. The Hall–Kier alpha value is -3.22. The average Bonchev–Trinajstić information content (AvgIpc) is 2.86. The Bertz CT molecular complexity index is 1070. The number of hydrogen-bond acceptors (Lipinski definition) is 4. The molecule has 4 rings (SSSR count). The Kier molecular flexibility index (Phi) is 7.83. The van der Waals surface area contributed by atoms with Gasteiger partial charge in [-0.15, -0.1) is 0 Å². The van der Waals surface area contributed by atoms with Crippen molar-refractivity contribution in [3.8, 4) is 11.5 Å². The summed E-state index contributed by atoms with van der Waals surface area (Å²) in [6, 6.07) is 11.4. The standard InChI is InChI=1S/C28H37N3O4/c1-18(2)14-24(27(32)29-23-11-7-9-19-8-5-6-10-22(19)23)30-28(33)31-13-12-20-15-25(34-3)26(35-4)16-21(20)17-31/h5-6,8,10,15-16,18,23-24H,7,9,11-14,17H2,1-4H3,(H,29,32)(H,30,33)/t23-,24+/m1/s1. The number of nitrogens with one attached hydrogen (secondary N) is 2. The van der Waals surface area contributed by atoms with Crippen LogP contribution in [-0.4, -0.2) is 43.6 Å². The quantitative estimate of drug-likeness (QED) is 0.618. The van der Waals surface area contributed by atoms with E-state index in [0.717, 1.165) is 36.8 Å². The van der Waals surface area contributed by atoms with Crippen molar-refractivity contribution in [2.75, 3.05) is 20.8 Å². The summed E-state index contributed by atoms with van der Waals surface area (Å²) in [5, 5.41) is 6.26. The first-order valence-corrected chi connectivity index (χ1v) is 12.6. The lowest BCUT2D eigenvalue weighted by molar-refractivity contribution is -0.124. The maximum Gasteiger partial charge on any atom is 0.318 e. The van der Waals surface area contributed by atoms with E-state index in [-0.39, 0.29) is 23.9 Å². The summed E-state index contributed by atoms with van der Waals surface area (Å²) >= 11 is 0. The summed E-state index contributed by atoms with van der Waals surface area (Å²) in [5.41, 5.74) is 4.68. The van der Waals surface area contributed by atoms with E-state index in [9.17, 15) is 9.59 Å².